The molecule has 4 nitrogen and oxygen atoms in total. The number of aliphatic carboxylic acids is 2. The molecule has 0 radical (unpaired) electrons. The van der Waals surface area contributed by atoms with Crippen LogP contribution in [0.4, 0.5) is 0 Å². The van der Waals surface area contributed by atoms with Crippen LogP contribution in [0.15, 0.2) is 12.2 Å². The van der Waals surface area contributed by atoms with Crippen LogP contribution in [-0.2, 0) is 9.59 Å². The maximum atomic E-state index is 10.3. The molecule has 228 valence electrons. The molecule has 0 rings (SSSR count). The van der Waals surface area contributed by atoms with Crippen molar-refractivity contribution in [2.24, 2.45) is 0 Å². The summed E-state index contributed by atoms with van der Waals surface area (Å²) in [6.07, 6.45) is 38.5. The molecule has 0 aliphatic heterocycles. The molecule has 0 fully saturated rings. The minimum absolute atomic E-state index is 0. The molecule has 0 amide bonds. The summed E-state index contributed by atoms with van der Waals surface area (Å²) in [5.74, 6) is -1.32. The van der Waals surface area contributed by atoms with E-state index in [-0.39, 0.29) is 51.4 Å². The molecular weight excluding hydrogens is 511 g/mol. The molecule has 5 heteroatoms. The second kappa shape index (κ2) is 40.5. The molecule has 0 heterocycles. The average molecular weight is 579 g/mol. The summed E-state index contributed by atoms with van der Waals surface area (Å²) < 4.78 is 0. The van der Waals surface area contributed by atoms with E-state index < -0.39 is 11.9 Å². The van der Waals surface area contributed by atoms with Gasteiger partial charge in [-0.25, -0.2) is 0 Å². The monoisotopic (exact) mass is 578 g/mol. The zero-order valence-corrected chi connectivity index (χ0v) is 25.7. The zero-order chi connectivity index (χ0) is 28.4. The van der Waals surface area contributed by atoms with Crippen molar-refractivity contribution in [1.29, 1.82) is 0 Å². The molecule has 0 spiro atoms. The van der Waals surface area contributed by atoms with Crippen LogP contribution in [0, 0.1) is 0 Å². The van der Waals surface area contributed by atoms with Gasteiger partial charge in [0.25, 0.3) is 0 Å². The quantitative estimate of drug-likeness (QED) is 0.0526. The van der Waals surface area contributed by atoms with E-state index in [9.17, 15) is 9.59 Å². The third-order valence-electron chi connectivity index (χ3n) is 7.15. The Morgan fingerprint density at radius 2 is 0.641 bits per heavy atom. The molecular formula is C34H67KO4. The molecule has 0 unspecified atom stereocenters. The van der Waals surface area contributed by atoms with E-state index in [0.717, 1.165) is 25.7 Å². The molecule has 2 N–H and O–H groups in total. The molecule has 0 aliphatic carbocycles. The minimum atomic E-state index is -0.664. The Kier molecular flexibility index (Phi) is 45.4. The predicted octanol–water partition coefficient (Wildman–Crippen LogP) is 11.0. The van der Waals surface area contributed by atoms with Gasteiger partial charge in [-0.3, -0.25) is 9.59 Å². The SMILES string of the molecule is CCCCCCCC/C=C\CCCCCCCC(=O)O.CCCCCCCCCCCCCCCC(=O)O.[KH]. The number of hydrogen-bond donors (Lipinski definition) is 2. The molecule has 0 aromatic heterocycles. The van der Waals surface area contributed by atoms with E-state index in [1.54, 1.807) is 0 Å². The fourth-order valence-electron chi connectivity index (χ4n) is 4.64. The standard InChI is InChI=1S/C18H34O2.C16H32O2.K.H/c1-2-3-4-5-6-7-8-9-10-11-12-13-14-15-16-17-18(19)20;1-2-3-4-5-6-7-8-9-10-11-12-13-14-15-16(17)18;;/h9-10H,2-8,11-17H2,1H3,(H,19,20);2-15H2,1H3,(H,17,18);;/b10-9-;;;. The third-order valence-corrected chi connectivity index (χ3v) is 7.15. The summed E-state index contributed by atoms with van der Waals surface area (Å²) in [4.78, 5) is 20.6. The summed E-state index contributed by atoms with van der Waals surface area (Å²) in [6.45, 7) is 4.52. The molecule has 0 bridgehead atoms. The summed E-state index contributed by atoms with van der Waals surface area (Å²) in [6, 6.07) is 0. The van der Waals surface area contributed by atoms with E-state index in [0.29, 0.717) is 12.8 Å². The Bertz CT molecular complexity index is 507. The van der Waals surface area contributed by atoms with E-state index in [2.05, 4.69) is 26.0 Å². The fraction of sp³-hybridized carbons (Fsp3) is 0.882. The Morgan fingerprint density at radius 3 is 0.897 bits per heavy atom. The van der Waals surface area contributed by atoms with Crippen molar-refractivity contribution in [1.82, 2.24) is 0 Å². The van der Waals surface area contributed by atoms with Gasteiger partial charge in [-0.15, -0.1) is 0 Å². The summed E-state index contributed by atoms with van der Waals surface area (Å²) in [5, 5.41) is 17.0. The topological polar surface area (TPSA) is 74.6 Å². The van der Waals surface area contributed by atoms with Crippen molar-refractivity contribution in [3.8, 4) is 0 Å². The van der Waals surface area contributed by atoms with E-state index >= 15 is 0 Å². The van der Waals surface area contributed by atoms with Crippen LogP contribution < -0.4 is 0 Å². The van der Waals surface area contributed by atoms with Crippen LogP contribution in [-0.4, -0.2) is 73.5 Å². The Balaban J connectivity index is -0.000000651. The molecule has 0 atom stereocenters. The van der Waals surface area contributed by atoms with E-state index in [4.69, 9.17) is 10.2 Å². The van der Waals surface area contributed by atoms with Crippen LogP contribution in [0.5, 0.6) is 0 Å². The number of rotatable bonds is 29. The van der Waals surface area contributed by atoms with Crippen molar-refractivity contribution < 1.29 is 19.8 Å². The first kappa shape index (κ1) is 43.8. The van der Waals surface area contributed by atoms with Crippen LogP contribution in [0.2, 0.25) is 0 Å². The van der Waals surface area contributed by atoms with E-state index in [1.807, 2.05) is 0 Å². The number of unbranched alkanes of at least 4 members (excludes halogenated alkanes) is 23. The van der Waals surface area contributed by atoms with Gasteiger partial charge in [0.15, 0.2) is 0 Å². The van der Waals surface area contributed by atoms with Gasteiger partial charge in [-0.05, 0) is 38.5 Å². The number of allylic oxidation sites excluding steroid dienone is 2. The summed E-state index contributed by atoms with van der Waals surface area (Å²) >= 11 is 0. The van der Waals surface area contributed by atoms with Gasteiger partial charge in [0, 0.05) is 12.8 Å². The maximum absolute atomic E-state index is 10.3. The van der Waals surface area contributed by atoms with Gasteiger partial charge >= 0.3 is 63.3 Å². The molecule has 0 aromatic rings. The average Bonchev–Trinajstić information content (AvgIpc) is 2.89. The first-order valence-corrected chi connectivity index (χ1v) is 16.6. The van der Waals surface area contributed by atoms with Gasteiger partial charge in [0.2, 0.25) is 0 Å². The molecule has 0 saturated carbocycles. The number of carbonyl (C=O) groups is 2. The molecule has 0 aliphatic rings. The van der Waals surface area contributed by atoms with Crippen molar-refractivity contribution in [2.45, 2.75) is 194 Å². The summed E-state index contributed by atoms with van der Waals surface area (Å²) in [5.41, 5.74) is 0. The third kappa shape index (κ3) is 48.4. The van der Waals surface area contributed by atoms with Crippen molar-refractivity contribution in [2.75, 3.05) is 0 Å². The Morgan fingerprint density at radius 1 is 0.410 bits per heavy atom. The van der Waals surface area contributed by atoms with E-state index in [1.165, 1.54) is 141 Å². The first-order valence-electron chi connectivity index (χ1n) is 16.6. The molecule has 0 saturated heterocycles. The van der Waals surface area contributed by atoms with Gasteiger partial charge in [-0.2, -0.15) is 0 Å². The second-order valence-corrected chi connectivity index (χ2v) is 11.1. The Hall–Kier alpha value is 0.316. The van der Waals surface area contributed by atoms with Crippen molar-refractivity contribution in [3.05, 3.63) is 12.2 Å². The van der Waals surface area contributed by atoms with Gasteiger partial charge in [-0.1, -0.05) is 154 Å². The fourth-order valence-corrected chi connectivity index (χ4v) is 4.64. The van der Waals surface area contributed by atoms with Crippen LogP contribution in [0.25, 0.3) is 0 Å². The van der Waals surface area contributed by atoms with Crippen molar-refractivity contribution in [3.63, 3.8) is 0 Å². The molecule has 0 aromatic carbocycles. The summed E-state index contributed by atoms with van der Waals surface area (Å²) in [7, 11) is 0. The number of carboxylic acid groups (broad SMARTS) is 2. The Labute approximate surface area is 286 Å². The molecule has 39 heavy (non-hydrogen) atoms. The first-order chi connectivity index (χ1) is 18.5. The van der Waals surface area contributed by atoms with Crippen molar-refractivity contribution >= 4 is 63.3 Å². The van der Waals surface area contributed by atoms with Gasteiger partial charge in [0.05, 0.1) is 0 Å². The van der Waals surface area contributed by atoms with Gasteiger partial charge < -0.3 is 10.2 Å². The number of carboxylic acids is 2. The van der Waals surface area contributed by atoms with Crippen LogP contribution in [0.1, 0.15) is 194 Å². The predicted molar refractivity (Wildman–Crippen MR) is 172 cm³/mol. The normalized spacial score (nSPS) is 10.7. The van der Waals surface area contributed by atoms with Crippen LogP contribution in [0.3, 0.4) is 0 Å². The van der Waals surface area contributed by atoms with Gasteiger partial charge in [0.1, 0.15) is 0 Å². The second-order valence-electron chi connectivity index (χ2n) is 11.1. The zero-order valence-electron chi connectivity index (χ0n) is 25.7. The number of hydrogen-bond acceptors (Lipinski definition) is 2. The van der Waals surface area contributed by atoms with Crippen LogP contribution >= 0.6 is 0 Å².